The molecule has 1 aromatic rings. The van der Waals surface area contributed by atoms with Crippen molar-refractivity contribution in [3.05, 3.63) is 29.8 Å². The lowest BCUT2D eigenvalue weighted by atomic mass is 10.1. The summed E-state index contributed by atoms with van der Waals surface area (Å²) in [6.07, 6.45) is 1.92. The zero-order valence-electron chi connectivity index (χ0n) is 11.6. The van der Waals surface area contributed by atoms with Gasteiger partial charge in [-0.15, -0.1) is 0 Å². The number of rotatable bonds is 7. The third kappa shape index (κ3) is 5.12. The molecular weight excluding hydrogens is 262 g/mol. The van der Waals surface area contributed by atoms with Crippen molar-refractivity contribution in [1.29, 1.82) is 0 Å². The van der Waals surface area contributed by atoms with Crippen molar-refractivity contribution in [3.8, 4) is 5.75 Å². The maximum Gasteiger partial charge on any atom is 0.255 e. The SMILES string of the molecule is CCOc1ccccc1C(=O)NCC(C)(O)CSC. The maximum absolute atomic E-state index is 12.1. The molecule has 2 N–H and O–H groups in total. The number of hydrogen-bond donors (Lipinski definition) is 2. The second-order valence-electron chi connectivity index (χ2n) is 4.54. The van der Waals surface area contributed by atoms with Gasteiger partial charge in [0, 0.05) is 12.3 Å². The Labute approximate surface area is 118 Å². The smallest absolute Gasteiger partial charge is 0.255 e. The van der Waals surface area contributed by atoms with Crippen molar-refractivity contribution in [1.82, 2.24) is 5.32 Å². The molecule has 1 rings (SSSR count). The summed E-state index contributed by atoms with van der Waals surface area (Å²) < 4.78 is 5.41. The molecule has 0 saturated carbocycles. The van der Waals surface area contributed by atoms with Crippen LogP contribution >= 0.6 is 11.8 Å². The Morgan fingerprint density at radius 1 is 1.47 bits per heavy atom. The fourth-order valence-corrected chi connectivity index (χ4v) is 2.39. The lowest BCUT2D eigenvalue weighted by Gasteiger charge is -2.22. The molecule has 5 heteroatoms. The first-order valence-electron chi connectivity index (χ1n) is 6.21. The molecule has 0 radical (unpaired) electrons. The van der Waals surface area contributed by atoms with Gasteiger partial charge in [-0.25, -0.2) is 0 Å². The first-order valence-corrected chi connectivity index (χ1v) is 7.61. The fourth-order valence-electron chi connectivity index (χ4n) is 1.66. The van der Waals surface area contributed by atoms with Gasteiger partial charge in [0.05, 0.1) is 17.8 Å². The number of carbonyl (C=O) groups excluding carboxylic acids is 1. The quantitative estimate of drug-likeness (QED) is 0.803. The van der Waals surface area contributed by atoms with E-state index in [1.165, 1.54) is 0 Å². The average molecular weight is 283 g/mol. The molecule has 1 aromatic carbocycles. The Kier molecular flexibility index (Phi) is 6.18. The van der Waals surface area contributed by atoms with E-state index in [1.807, 2.05) is 19.2 Å². The number of para-hydroxylation sites is 1. The standard InChI is InChI=1S/C14H21NO3S/c1-4-18-12-8-6-5-7-11(12)13(16)15-9-14(2,17)10-19-3/h5-8,17H,4,9-10H2,1-3H3,(H,15,16). The van der Waals surface area contributed by atoms with Gasteiger partial charge in [0.25, 0.3) is 5.91 Å². The van der Waals surface area contributed by atoms with Crippen molar-refractivity contribution in [3.63, 3.8) is 0 Å². The van der Waals surface area contributed by atoms with Crippen molar-refractivity contribution in [2.24, 2.45) is 0 Å². The van der Waals surface area contributed by atoms with E-state index in [0.717, 1.165) is 0 Å². The second-order valence-corrected chi connectivity index (χ2v) is 5.41. The van der Waals surface area contributed by atoms with Crippen LogP contribution in [0.5, 0.6) is 5.75 Å². The fraction of sp³-hybridized carbons (Fsp3) is 0.500. The number of ether oxygens (including phenoxy) is 1. The van der Waals surface area contributed by atoms with E-state index >= 15 is 0 Å². The number of aliphatic hydroxyl groups is 1. The minimum Gasteiger partial charge on any atom is -0.493 e. The van der Waals surface area contributed by atoms with Crippen LogP contribution in [0.25, 0.3) is 0 Å². The van der Waals surface area contributed by atoms with Crippen LogP contribution in [0, 0.1) is 0 Å². The van der Waals surface area contributed by atoms with Crippen LogP contribution < -0.4 is 10.1 Å². The summed E-state index contributed by atoms with van der Waals surface area (Å²) in [5.74, 6) is 0.901. The predicted octanol–water partition coefficient (Wildman–Crippen LogP) is 1.93. The summed E-state index contributed by atoms with van der Waals surface area (Å²) in [6.45, 7) is 4.30. The van der Waals surface area contributed by atoms with Gasteiger partial charge in [-0.05, 0) is 32.2 Å². The molecule has 1 atom stereocenters. The summed E-state index contributed by atoms with van der Waals surface area (Å²) in [6, 6.07) is 7.09. The van der Waals surface area contributed by atoms with Crippen LogP contribution in [-0.4, -0.2) is 41.8 Å². The third-order valence-corrected chi connectivity index (χ3v) is 3.43. The summed E-state index contributed by atoms with van der Waals surface area (Å²) in [4.78, 5) is 12.1. The summed E-state index contributed by atoms with van der Waals surface area (Å²) in [7, 11) is 0. The van der Waals surface area contributed by atoms with E-state index in [4.69, 9.17) is 4.74 Å². The minimum atomic E-state index is -0.907. The first kappa shape index (κ1) is 15.9. The van der Waals surface area contributed by atoms with Gasteiger partial charge in [-0.3, -0.25) is 4.79 Å². The number of thioether (sulfide) groups is 1. The van der Waals surface area contributed by atoms with E-state index in [-0.39, 0.29) is 12.5 Å². The van der Waals surface area contributed by atoms with E-state index < -0.39 is 5.60 Å². The maximum atomic E-state index is 12.1. The zero-order valence-corrected chi connectivity index (χ0v) is 12.4. The van der Waals surface area contributed by atoms with Crippen LogP contribution in [0.3, 0.4) is 0 Å². The molecule has 4 nitrogen and oxygen atoms in total. The summed E-state index contributed by atoms with van der Waals surface area (Å²) in [5, 5.41) is 12.8. The zero-order chi connectivity index (χ0) is 14.3. The molecule has 0 spiro atoms. The Bertz CT molecular complexity index is 421. The van der Waals surface area contributed by atoms with E-state index in [9.17, 15) is 9.90 Å². The highest BCUT2D eigenvalue weighted by atomic mass is 32.2. The van der Waals surface area contributed by atoms with Crippen LogP contribution in [-0.2, 0) is 0 Å². The normalized spacial score (nSPS) is 13.7. The van der Waals surface area contributed by atoms with E-state index in [2.05, 4.69) is 5.32 Å². The van der Waals surface area contributed by atoms with Gasteiger partial charge in [-0.2, -0.15) is 11.8 Å². The molecule has 0 heterocycles. The lowest BCUT2D eigenvalue weighted by Crippen LogP contribution is -2.42. The number of carbonyl (C=O) groups is 1. The molecule has 0 aliphatic heterocycles. The Morgan fingerprint density at radius 2 is 2.16 bits per heavy atom. The van der Waals surface area contributed by atoms with Gasteiger partial charge in [-0.1, -0.05) is 12.1 Å². The van der Waals surface area contributed by atoms with Crippen LogP contribution in [0.1, 0.15) is 24.2 Å². The Balaban J connectivity index is 2.68. The molecule has 19 heavy (non-hydrogen) atoms. The summed E-state index contributed by atoms with van der Waals surface area (Å²) >= 11 is 1.54. The lowest BCUT2D eigenvalue weighted by molar-refractivity contribution is 0.0723. The molecule has 1 unspecified atom stereocenters. The number of benzene rings is 1. The van der Waals surface area contributed by atoms with Crippen molar-refractivity contribution >= 4 is 17.7 Å². The van der Waals surface area contributed by atoms with Gasteiger partial charge >= 0.3 is 0 Å². The monoisotopic (exact) mass is 283 g/mol. The minimum absolute atomic E-state index is 0.215. The van der Waals surface area contributed by atoms with Crippen LogP contribution in [0.4, 0.5) is 0 Å². The van der Waals surface area contributed by atoms with Gasteiger partial charge in [0.1, 0.15) is 5.75 Å². The Hall–Kier alpha value is -1.20. The first-order chi connectivity index (χ1) is 9.00. The molecule has 0 fully saturated rings. The molecule has 0 aromatic heterocycles. The topological polar surface area (TPSA) is 58.6 Å². The molecule has 0 bridgehead atoms. The highest BCUT2D eigenvalue weighted by molar-refractivity contribution is 7.98. The van der Waals surface area contributed by atoms with Gasteiger partial charge in [0.15, 0.2) is 0 Å². The molecule has 1 amide bonds. The van der Waals surface area contributed by atoms with Crippen LogP contribution in [0.15, 0.2) is 24.3 Å². The van der Waals surface area contributed by atoms with E-state index in [1.54, 1.807) is 36.9 Å². The number of amides is 1. The van der Waals surface area contributed by atoms with E-state index in [0.29, 0.717) is 23.7 Å². The average Bonchev–Trinajstić information content (AvgIpc) is 2.37. The van der Waals surface area contributed by atoms with Crippen molar-refractivity contribution < 1.29 is 14.6 Å². The number of nitrogens with one attached hydrogen (secondary N) is 1. The molecule has 106 valence electrons. The highest BCUT2D eigenvalue weighted by Crippen LogP contribution is 2.18. The number of hydrogen-bond acceptors (Lipinski definition) is 4. The molecular formula is C14H21NO3S. The summed E-state index contributed by atoms with van der Waals surface area (Å²) in [5.41, 5.74) is -0.417. The molecule has 0 aliphatic carbocycles. The predicted molar refractivity (Wildman–Crippen MR) is 79.0 cm³/mol. The molecule has 0 saturated heterocycles. The van der Waals surface area contributed by atoms with Crippen molar-refractivity contribution in [2.45, 2.75) is 19.4 Å². The third-order valence-electron chi connectivity index (χ3n) is 2.52. The van der Waals surface area contributed by atoms with Crippen molar-refractivity contribution in [2.75, 3.05) is 25.2 Å². The van der Waals surface area contributed by atoms with Gasteiger partial charge < -0.3 is 15.2 Å². The second kappa shape index (κ2) is 7.40. The van der Waals surface area contributed by atoms with Crippen LogP contribution in [0.2, 0.25) is 0 Å². The Morgan fingerprint density at radius 3 is 2.79 bits per heavy atom. The van der Waals surface area contributed by atoms with Gasteiger partial charge in [0.2, 0.25) is 0 Å². The largest absolute Gasteiger partial charge is 0.493 e. The highest BCUT2D eigenvalue weighted by Gasteiger charge is 2.21. The molecule has 0 aliphatic rings.